The normalized spacial score (nSPS) is 29.4. The molecule has 0 aromatic carbocycles. The van der Waals surface area contributed by atoms with Gasteiger partial charge in [-0.25, -0.2) is 4.79 Å². The van der Waals surface area contributed by atoms with Gasteiger partial charge in [-0.2, -0.15) is 14.8 Å². The molecule has 110 valence electrons. The van der Waals surface area contributed by atoms with Gasteiger partial charge in [0.2, 0.25) is 0 Å². The minimum atomic E-state index is -0.778. The van der Waals surface area contributed by atoms with Crippen LogP contribution in [0.4, 0.5) is 5.82 Å². The highest BCUT2D eigenvalue weighted by Crippen LogP contribution is 2.36. The third-order valence-corrected chi connectivity index (χ3v) is 3.38. The fraction of sp³-hybridized carbons (Fsp3) is 0.667. The number of esters is 1. The lowest BCUT2D eigenvalue weighted by Crippen LogP contribution is -2.37. The van der Waals surface area contributed by atoms with Gasteiger partial charge in [-0.15, -0.1) is 0 Å². The van der Waals surface area contributed by atoms with E-state index in [9.17, 15) is 9.59 Å². The lowest BCUT2D eigenvalue weighted by atomic mass is 9.98. The second-order valence-electron chi connectivity index (χ2n) is 4.81. The Morgan fingerprint density at radius 3 is 2.85 bits per heavy atom. The molecule has 2 N–H and O–H groups in total. The van der Waals surface area contributed by atoms with Crippen molar-refractivity contribution in [3.63, 3.8) is 0 Å². The smallest absolute Gasteiger partial charge is 0.368 e. The van der Waals surface area contributed by atoms with Crippen LogP contribution in [0.3, 0.4) is 0 Å². The van der Waals surface area contributed by atoms with Crippen LogP contribution in [0.15, 0.2) is 11.0 Å². The van der Waals surface area contributed by atoms with Crippen LogP contribution in [0.25, 0.3) is 0 Å². The number of aromatic nitrogens is 3. The van der Waals surface area contributed by atoms with Crippen molar-refractivity contribution in [3.8, 4) is 0 Å². The third-order valence-electron chi connectivity index (χ3n) is 3.38. The first-order valence-electron chi connectivity index (χ1n) is 6.48. The molecule has 2 heterocycles. The Bertz CT molecular complexity index is 559. The van der Waals surface area contributed by atoms with Crippen molar-refractivity contribution in [1.82, 2.24) is 14.8 Å². The molecule has 0 aliphatic carbocycles. The molecule has 8 heteroatoms. The first kappa shape index (κ1) is 14.4. The topological polar surface area (TPSA) is 109 Å². The summed E-state index contributed by atoms with van der Waals surface area (Å²) in [5, 5.41) is 3.92. The average Bonchev–Trinajstić information content (AvgIpc) is 2.66. The highest BCUT2D eigenvalue weighted by molar-refractivity contribution is 5.66. The fourth-order valence-electron chi connectivity index (χ4n) is 2.41. The number of nitrogens with zero attached hydrogens (tertiary/aromatic N) is 3. The zero-order chi connectivity index (χ0) is 14.9. The molecule has 4 atom stereocenters. The molecule has 1 aromatic heterocycles. The summed E-state index contributed by atoms with van der Waals surface area (Å²) in [5.74, 6) is -0.433. The zero-order valence-electron chi connectivity index (χ0n) is 11.6. The zero-order valence-corrected chi connectivity index (χ0v) is 11.6. The fourth-order valence-corrected chi connectivity index (χ4v) is 2.41. The first-order chi connectivity index (χ1) is 9.43. The molecular weight excluding hydrogens is 264 g/mol. The summed E-state index contributed by atoms with van der Waals surface area (Å²) in [6, 6.07) is 0. The highest BCUT2D eigenvalue weighted by Gasteiger charge is 2.45. The van der Waals surface area contributed by atoms with Gasteiger partial charge in [0.1, 0.15) is 5.82 Å². The molecule has 1 aliphatic heterocycles. The summed E-state index contributed by atoms with van der Waals surface area (Å²) < 4.78 is 12.1. The van der Waals surface area contributed by atoms with E-state index in [0.29, 0.717) is 0 Å². The minimum absolute atomic E-state index is 0.0355. The van der Waals surface area contributed by atoms with Gasteiger partial charge >= 0.3 is 11.7 Å². The number of carbonyl (C=O) groups is 1. The second-order valence-corrected chi connectivity index (χ2v) is 4.81. The quantitative estimate of drug-likeness (QED) is 0.783. The van der Waals surface area contributed by atoms with Crippen molar-refractivity contribution >= 4 is 11.8 Å². The van der Waals surface area contributed by atoms with Gasteiger partial charge in [-0.05, 0) is 6.42 Å². The standard InChI is InChI=1S/C12H18N4O4/c1-4-8-6(2)10(19-7(3)17)11(20-8)16-12(18)15-9(13)5-14-16/h5-6,8,10-11H,4H2,1-3H3,(H2,13,15,18)/t6?,8-,10+,11-/m1/s1. The van der Waals surface area contributed by atoms with Crippen molar-refractivity contribution in [1.29, 1.82) is 0 Å². The number of anilines is 1. The third kappa shape index (κ3) is 2.64. The Labute approximate surface area is 115 Å². The van der Waals surface area contributed by atoms with Crippen LogP contribution in [0.1, 0.15) is 33.4 Å². The van der Waals surface area contributed by atoms with Gasteiger partial charge in [0.15, 0.2) is 12.3 Å². The van der Waals surface area contributed by atoms with Gasteiger partial charge in [-0.3, -0.25) is 4.79 Å². The number of rotatable bonds is 3. The molecule has 1 saturated heterocycles. The number of carbonyl (C=O) groups excluding carboxylic acids is 1. The van der Waals surface area contributed by atoms with Gasteiger partial charge in [-0.1, -0.05) is 13.8 Å². The van der Waals surface area contributed by atoms with Crippen LogP contribution in [0.2, 0.25) is 0 Å². The number of nitrogens with two attached hydrogens (primary N) is 1. The maximum atomic E-state index is 11.8. The van der Waals surface area contributed by atoms with E-state index in [1.54, 1.807) is 0 Å². The number of hydrogen-bond donors (Lipinski definition) is 1. The maximum absolute atomic E-state index is 11.8. The summed E-state index contributed by atoms with van der Waals surface area (Å²) in [6.07, 6.45) is 0.537. The summed E-state index contributed by atoms with van der Waals surface area (Å²) in [6.45, 7) is 5.20. The molecule has 1 aliphatic rings. The molecule has 1 aromatic rings. The second kappa shape index (κ2) is 5.58. The highest BCUT2D eigenvalue weighted by atomic mass is 16.6. The Balaban J connectivity index is 2.36. The first-order valence-corrected chi connectivity index (χ1v) is 6.48. The van der Waals surface area contributed by atoms with Crippen LogP contribution in [0.5, 0.6) is 0 Å². The van der Waals surface area contributed by atoms with Gasteiger partial charge in [0.25, 0.3) is 0 Å². The van der Waals surface area contributed by atoms with Crippen LogP contribution in [-0.4, -0.2) is 32.9 Å². The molecule has 1 unspecified atom stereocenters. The van der Waals surface area contributed by atoms with Crippen LogP contribution < -0.4 is 11.4 Å². The lowest BCUT2D eigenvalue weighted by Gasteiger charge is -2.21. The van der Waals surface area contributed by atoms with Gasteiger partial charge in [0.05, 0.1) is 12.3 Å². The van der Waals surface area contributed by atoms with E-state index in [1.807, 2.05) is 13.8 Å². The Kier molecular flexibility index (Phi) is 4.03. The number of hydrogen-bond acceptors (Lipinski definition) is 7. The van der Waals surface area contributed by atoms with E-state index in [0.717, 1.165) is 11.1 Å². The van der Waals surface area contributed by atoms with Gasteiger partial charge < -0.3 is 15.2 Å². The van der Waals surface area contributed by atoms with Gasteiger partial charge in [0, 0.05) is 12.8 Å². The van der Waals surface area contributed by atoms with E-state index >= 15 is 0 Å². The number of nitrogen functional groups attached to an aromatic ring is 1. The molecular formula is C12H18N4O4. The Morgan fingerprint density at radius 1 is 1.60 bits per heavy atom. The lowest BCUT2D eigenvalue weighted by molar-refractivity contribution is -0.154. The molecule has 20 heavy (non-hydrogen) atoms. The van der Waals surface area contributed by atoms with Crippen LogP contribution in [0, 0.1) is 5.92 Å². The maximum Gasteiger partial charge on any atom is 0.368 e. The molecule has 8 nitrogen and oxygen atoms in total. The van der Waals surface area contributed by atoms with E-state index in [-0.39, 0.29) is 17.8 Å². The molecule has 0 radical (unpaired) electrons. The summed E-state index contributed by atoms with van der Waals surface area (Å²) in [5.41, 5.74) is 4.78. The van der Waals surface area contributed by atoms with Crippen molar-refractivity contribution < 1.29 is 14.3 Å². The largest absolute Gasteiger partial charge is 0.457 e. The minimum Gasteiger partial charge on any atom is -0.457 e. The molecule has 2 rings (SSSR count). The van der Waals surface area contributed by atoms with Crippen LogP contribution >= 0.6 is 0 Å². The molecule has 0 spiro atoms. The van der Waals surface area contributed by atoms with E-state index < -0.39 is 24.0 Å². The summed E-state index contributed by atoms with van der Waals surface area (Å²) in [7, 11) is 0. The van der Waals surface area contributed by atoms with Crippen molar-refractivity contribution in [2.45, 2.75) is 45.6 Å². The average molecular weight is 282 g/mol. The van der Waals surface area contributed by atoms with E-state index in [4.69, 9.17) is 15.2 Å². The SMILES string of the molecule is CC[C@H]1O[C@@H](n2ncc(N)nc2=O)[C@@H](OC(C)=O)C1C. The predicted octanol–water partition coefficient (Wildman–Crippen LogP) is 0.0957. The molecule has 0 amide bonds. The molecule has 0 saturated carbocycles. The van der Waals surface area contributed by atoms with E-state index in [1.165, 1.54) is 13.1 Å². The number of ether oxygens (including phenoxy) is 2. The van der Waals surface area contributed by atoms with E-state index in [2.05, 4.69) is 10.1 Å². The molecule has 1 fully saturated rings. The summed E-state index contributed by atoms with van der Waals surface area (Å²) in [4.78, 5) is 26.7. The summed E-state index contributed by atoms with van der Waals surface area (Å²) >= 11 is 0. The monoisotopic (exact) mass is 282 g/mol. The predicted molar refractivity (Wildman–Crippen MR) is 69.6 cm³/mol. The van der Waals surface area contributed by atoms with Crippen molar-refractivity contribution in [2.24, 2.45) is 5.92 Å². The van der Waals surface area contributed by atoms with Crippen molar-refractivity contribution in [3.05, 3.63) is 16.7 Å². The van der Waals surface area contributed by atoms with Crippen LogP contribution in [-0.2, 0) is 14.3 Å². The Hall–Kier alpha value is -1.96. The molecule has 0 bridgehead atoms. The van der Waals surface area contributed by atoms with Crippen molar-refractivity contribution in [2.75, 3.05) is 5.73 Å². The Morgan fingerprint density at radius 2 is 2.30 bits per heavy atom.